The van der Waals surface area contributed by atoms with Crippen molar-refractivity contribution in [3.05, 3.63) is 93.7 Å². The third kappa shape index (κ3) is 3.76. The van der Waals surface area contributed by atoms with Crippen LogP contribution in [0.4, 0.5) is 5.82 Å². The van der Waals surface area contributed by atoms with E-state index in [4.69, 9.17) is 4.74 Å². The minimum Gasteiger partial charge on any atom is -0.489 e. The molecule has 0 spiro atoms. The predicted molar refractivity (Wildman–Crippen MR) is 117 cm³/mol. The highest BCUT2D eigenvalue weighted by molar-refractivity contribution is 5.95. The molecule has 4 aromatic rings. The van der Waals surface area contributed by atoms with Crippen LogP contribution in [0, 0.1) is 6.92 Å². The number of aryl methyl sites for hydroxylation is 1. The number of rotatable bonds is 5. The smallest absolute Gasteiger partial charge is 0.264 e. The van der Waals surface area contributed by atoms with E-state index in [1.165, 1.54) is 6.07 Å². The van der Waals surface area contributed by atoms with Crippen LogP contribution in [-0.4, -0.2) is 30.9 Å². The van der Waals surface area contributed by atoms with Crippen molar-refractivity contribution in [3.63, 3.8) is 0 Å². The number of fused-ring (bicyclic) bond motifs is 1. The van der Waals surface area contributed by atoms with E-state index >= 15 is 0 Å². The van der Waals surface area contributed by atoms with Gasteiger partial charge in [-0.25, -0.2) is 5.10 Å². The summed E-state index contributed by atoms with van der Waals surface area (Å²) in [4.78, 5) is 28.1. The Hall–Kier alpha value is -4.27. The van der Waals surface area contributed by atoms with Crippen LogP contribution in [0.25, 0.3) is 5.82 Å². The Morgan fingerprint density at radius 1 is 1.16 bits per heavy atom. The number of aromatic amines is 1. The molecular formula is C23H20N6O3. The second-order valence-corrected chi connectivity index (χ2v) is 7.57. The van der Waals surface area contributed by atoms with Gasteiger partial charge in [-0.3, -0.25) is 14.6 Å². The number of carbonyl (C=O) groups is 1. The fourth-order valence-electron chi connectivity index (χ4n) is 3.92. The maximum Gasteiger partial charge on any atom is 0.264 e. The first-order valence-corrected chi connectivity index (χ1v) is 10.2. The normalized spacial score (nSPS) is 15.2. The van der Waals surface area contributed by atoms with Crippen molar-refractivity contribution in [1.29, 1.82) is 0 Å². The van der Waals surface area contributed by atoms with E-state index in [9.17, 15) is 9.59 Å². The quantitative estimate of drug-likeness (QED) is 0.505. The first kappa shape index (κ1) is 19.7. The zero-order chi connectivity index (χ0) is 22.1. The van der Waals surface area contributed by atoms with Crippen LogP contribution >= 0.6 is 0 Å². The molecule has 0 bridgehead atoms. The van der Waals surface area contributed by atoms with E-state index in [-0.39, 0.29) is 17.4 Å². The summed E-state index contributed by atoms with van der Waals surface area (Å²) >= 11 is 0. The molecule has 32 heavy (non-hydrogen) atoms. The number of nitrogens with zero attached hydrogens (tertiary/aromatic N) is 4. The molecule has 0 saturated carbocycles. The van der Waals surface area contributed by atoms with E-state index in [2.05, 4.69) is 25.6 Å². The van der Waals surface area contributed by atoms with E-state index in [0.717, 1.165) is 22.4 Å². The largest absolute Gasteiger partial charge is 0.489 e. The Labute approximate surface area is 183 Å². The van der Waals surface area contributed by atoms with Gasteiger partial charge in [0, 0.05) is 41.9 Å². The van der Waals surface area contributed by atoms with Gasteiger partial charge in [-0.1, -0.05) is 18.2 Å². The maximum absolute atomic E-state index is 12.6. The number of ether oxygens (including phenoxy) is 1. The highest BCUT2D eigenvalue weighted by atomic mass is 16.5. The molecule has 3 aromatic heterocycles. The molecular weight excluding hydrogens is 408 g/mol. The van der Waals surface area contributed by atoms with Gasteiger partial charge in [0.15, 0.2) is 5.82 Å². The van der Waals surface area contributed by atoms with Gasteiger partial charge in [0.1, 0.15) is 18.2 Å². The Morgan fingerprint density at radius 3 is 2.84 bits per heavy atom. The van der Waals surface area contributed by atoms with Crippen LogP contribution in [0.3, 0.4) is 0 Å². The number of aromatic nitrogens is 5. The topological polar surface area (TPSA) is 115 Å². The summed E-state index contributed by atoms with van der Waals surface area (Å²) in [5.74, 6) is 1.40. The predicted octanol–water partition coefficient (Wildman–Crippen LogP) is 2.71. The molecule has 4 heterocycles. The molecule has 1 atom stereocenters. The second kappa shape index (κ2) is 8.10. The fraction of sp³-hybridized carbons (Fsp3) is 0.174. The summed E-state index contributed by atoms with van der Waals surface area (Å²) < 4.78 is 7.50. The van der Waals surface area contributed by atoms with Gasteiger partial charge in [-0.05, 0) is 36.8 Å². The van der Waals surface area contributed by atoms with Crippen LogP contribution in [-0.2, 0) is 11.4 Å². The SMILES string of the molecule is Cc1nn(-c2ccc(=O)[nH]n2)c2c1[C@@H](c1cccc(OCc3cccnc3)c1)CC(=O)N2. The van der Waals surface area contributed by atoms with E-state index in [1.54, 1.807) is 23.1 Å². The van der Waals surface area contributed by atoms with Crippen LogP contribution in [0.1, 0.15) is 34.7 Å². The lowest BCUT2D eigenvalue weighted by atomic mass is 9.86. The molecule has 9 heteroatoms. The van der Waals surface area contributed by atoms with Crippen molar-refractivity contribution in [2.24, 2.45) is 0 Å². The van der Waals surface area contributed by atoms with E-state index in [0.29, 0.717) is 30.4 Å². The molecule has 0 aliphatic carbocycles. The van der Waals surface area contributed by atoms with Gasteiger partial charge in [0.2, 0.25) is 5.91 Å². The fourth-order valence-corrected chi connectivity index (χ4v) is 3.92. The van der Waals surface area contributed by atoms with Crippen molar-refractivity contribution in [1.82, 2.24) is 25.0 Å². The number of amides is 1. The molecule has 0 saturated heterocycles. The first-order valence-electron chi connectivity index (χ1n) is 10.2. The molecule has 160 valence electrons. The lowest BCUT2D eigenvalue weighted by Crippen LogP contribution is -2.25. The number of carbonyl (C=O) groups excluding carboxylic acids is 1. The summed E-state index contributed by atoms with van der Waals surface area (Å²) in [6, 6.07) is 14.5. The Bertz CT molecular complexity index is 1330. The zero-order valence-corrected chi connectivity index (χ0v) is 17.3. The number of benzene rings is 1. The minimum atomic E-state index is -0.309. The summed E-state index contributed by atoms with van der Waals surface area (Å²) in [7, 11) is 0. The molecule has 1 aromatic carbocycles. The van der Waals surface area contributed by atoms with Crippen LogP contribution < -0.4 is 15.6 Å². The zero-order valence-electron chi connectivity index (χ0n) is 17.3. The van der Waals surface area contributed by atoms with Gasteiger partial charge in [-0.2, -0.15) is 14.9 Å². The Morgan fingerprint density at radius 2 is 2.06 bits per heavy atom. The van der Waals surface area contributed by atoms with Crippen molar-refractivity contribution in [2.45, 2.75) is 25.9 Å². The summed E-state index contributed by atoms with van der Waals surface area (Å²) in [6.07, 6.45) is 3.79. The number of hydrogen-bond acceptors (Lipinski definition) is 6. The van der Waals surface area contributed by atoms with Crippen molar-refractivity contribution < 1.29 is 9.53 Å². The third-order valence-electron chi connectivity index (χ3n) is 5.37. The first-order chi connectivity index (χ1) is 15.6. The second-order valence-electron chi connectivity index (χ2n) is 7.57. The Balaban J connectivity index is 1.49. The van der Waals surface area contributed by atoms with E-state index < -0.39 is 0 Å². The molecule has 9 nitrogen and oxygen atoms in total. The van der Waals surface area contributed by atoms with Gasteiger partial charge in [0.25, 0.3) is 5.56 Å². The molecule has 1 aliphatic rings. The summed E-state index contributed by atoms with van der Waals surface area (Å²) in [6.45, 7) is 2.30. The minimum absolute atomic E-state index is 0.116. The molecule has 0 radical (unpaired) electrons. The van der Waals surface area contributed by atoms with Crippen LogP contribution in [0.15, 0.2) is 65.7 Å². The van der Waals surface area contributed by atoms with Crippen LogP contribution in [0.2, 0.25) is 0 Å². The third-order valence-corrected chi connectivity index (χ3v) is 5.37. The van der Waals surface area contributed by atoms with Crippen LogP contribution in [0.5, 0.6) is 5.75 Å². The molecule has 1 aliphatic heterocycles. The van der Waals surface area contributed by atoms with Crippen molar-refractivity contribution in [3.8, 4) is 11.6 Å². The highest BCUT2D eigenvalue weighted by Crippen LogP contribution is 2.40. The summed E-state index contributed by atoms with van der Waals surface area (Å²) in [5.41, 5.74) is 3.32. The highest BCUT2D eigenvalue weighted by Gasteiger charge is 2.33. The molecule has 5 rings (SSSR count). The molecule has 1 amide bonds. The Kier molecular flexibility index (Phi) is 4.98. The molecule has 2 N–H and O–H groups in total. The summed E-state index contributed by atoms with van der Waals surface area (Å²) in [5, 5.41) is 13.9. The molecule has 0 unspecified atom stereocenters. The number of anilines is 1. The molecule has 0 fully saturated rings. The monoisotopic (exact) mass is 428 g/mol. The van der Waals surface area contributed by atoms with Gasteiger partial charge in [0.05, 0.1) is 5.69 Å². The average molecular weight is 428 g/mol. The number of hydrogen-bond donors (Lipinski definition) is 2. The number of H-pyrrole nitrogens is 1. The average Bonchev–Trinajstić information content (AvgIpc) is 3.14. The van der Waals surface area contributed by atoms with E-state index in [1.807, 2.05) is 43.3 Å². The standard InChI is InChI=1S/C23H20N6O3/c1-14-22-18(16-5-2-6-17(10-16)32-13-15-4-3-9-24-12-15)11-21(31)25-23(22)29(28-14)19-7-8-20(30)27-26-19/h2-10,12,18H,11,13H2,1H3,(H,25,31)(H,27,30)/t18-/m1/s1. The maximum atomic E-state index is 12.6. The van der Waals surface area contributed by atoms with Gasteiger partial charge < -0.3 is 10.1 Å². The van der Waals surface area contributed by atoms with Crippen molar-refractivity contribution >= 4 is 11.7 Å². The number of pyridine rings is 1. The van der Waals surface area contributed by atoms with Gasteiger partial charge >= 0.3 is 0 Å². The van der Waals surface area contributed by atoms with Gasteiger partial charge in [-0.15, -0.1) is 0 Å². The lowest BCUT2D eigenvalue weighted by Gasteiger charge is -2.24. The lowest BCUT2D eigenvalue weighted by molar-refractivity contribution is -0.116. The number of nitrogens with one attached hydrogen (secondary N) is 2. The van der Waals surface area contributed by atoms with Crippen molar-refractivity contribution in [2.75, 3.05) is 5.32 Å².